The van der Waals surface area contributed by atoms with E-state index in [0.29, 0.717) is 12.5 Å². The maximum atomic E-state index is 13.7. The van der Waals surface area contributed by atoms with Gasteiger partial charge >= 0.3 is 0 Å². The van der Waals surface area contributed by atoms with E-state index in [-0.39, 0.29) is 18.4 Å². The van der Waals surface area contributed by atoms with Gasteiger partial charge in [-0.2, -0.15) is 0 Å². The van der Waals surface area contributed by atoms with Crippen molar-refractivity contribution in [3.8, 4) is 0 Å². The maximum Gasteiger partial charge on any atom is 0.266 e. The highest BCUT2D eigenvalue weighted by Crippen LogP contribution is 2.22. The second-order valence-electron chi connectivity index (χ2n) is 6.49. The molecule has 0 heterocycles. The van der Waals surface area contributed by atoms with Gasteiger partial charge in [-0.05, 0) is 30.9 Å². The standard InChI is InChI=1S/C19H28F4O3/c1-2-3-4-5-6-7-8-9-14(26-19(24)25)11-10-13-12-15(20)17(22)18(23)16(13)21/h12,14,19,24-25H,2-11H2,1H3. The summed E-state index contributed by atoms with van der Waals surface area (Å²) in [7, 11) is 0. The lowest BCUT2D eigenvalue weighted by Crippen LogP contribution is -2.22. The third-order valence-electron chi connectivity index (χ3n) is 4.36. The Kier molecular flexibility index (Phi) is 10.8. The fourth-order valence-corrected chi connectivity index (χ4v) is 2.90. The average molecular weight is 380 g/mol. The molecule has 0 aliphatic heterocycles. The third kappa shape index (κ3) is 8.01. The minimum absolute atomic E-state index is 0.103. The van der Waals surface area contributed by atoms with Crippen molar-refractivity contribution in [1.29, 1.82) is 0 Å². The van der Waals surface area contributed by atoms with Gasteiger partial charge in [-0.3, -0.25) is 0 Å². The number of halogens is 4. The van der Waals surface area contributed by atoms with Crippen LogP contribution in [0.4, 0.5) is 17.6 Å². The first-order valence-corrected chi connectivity index (χ1v) is 9.20. The van der Waals surface area contributed by atoms with Crippen LogP contribution in [0.1, 0.15) is 70.3 Å². The van der Waals surface area contributed by atoms with Crippen LogP contribution in [-0.4, -0.2) is 22.8 Å². The molecule has 0 fully saturated rings. The van der Waals surface area contributed by atoms with Crippen molar-refractivity contribution in [1.82, 2.24) is 0 Å². The Bertz CT molecular complexity index is 538. The van der Waals surface area contributed by atoms with Crippen molar-refractivity contribution in [2.75, 3.05) is 0 Å². The first-order chi connectivity index (χ1) is 12.4. The first kappa shape index (κ1) is 22.9. The van der Waals surface area contributed by atoms with Gasteiger partial charge in [-0.25, -0.2) is 17.6 Å². The van der Waals surface area contributed by atoms with E-state index in [1.807, 2.05) is 0 Å². The highest BCUT2D eigenvalue weighted by Gasteiger charge is 2.20. The minimum Gasteiger partial charge on any atom is -0.346 e. The molecule has 1 unspecified atom stereocenters. The van der Waals surface area contributed by atoms with E-state index >= 15 is 0 Å². The van der Waals surface area contributed by atoms with Gasteiger partial charge in [-0.15, -0.1) is 0 Å². The molecule has 0 aromatic heterocycles. The van der Waals surface area contributed by atoms with Crippen LogP contribution in [0.15, 0.2) is 6.07 Å². The zero-order valence-corrected chi connectivity index (χ0v) is 15.1. The molecule has 1 atom stereocenters. The van der Waals surface area contributed by atoms with Crippen LogP contribution in [0.3, 0.4) is 0 Å². The van der Waals surface area contributed by atoms with E-state index < -0.39 is 35.8 Å². The number of ether oxygens (including phenoxy) is 1. The molecule has 0 saturated heterocycles. The predicted octanol–water partition coefficient (Wildman–Crippen LogP) is 4.97. The molecule has 0 radical (unpaired) electrons. The van der Waals surface area contributed by atoms with Crippen LogP contribution in [-0.2, 0) is 11.2 Å². The second-order valence-corrected chi connectivity index (χ2v) is 6.49. The fourth-order valence-electron chi connectivity index (χ4n) is 2.90. The van der Waals surface area contributed by atoms with Crippen LogP contribution < -0.4 is 0 Å². The SMILES string of the molecule is CCCCCCCCCC(CCc1cc(F)c(F)c(F)c1F)OC(O)O. The molecule has 150 valence electrons. The summed E-state index contributed by atoms with van der Waals surface area (Å²) in [6, 6.07) is 0.619. The van der Waals surface area contributed by atoms with Crippen LogP contribution in [0.5, 0.6) is 0 Å². The maximum absolute atomic E-state index is 13.7. The summed E-state index contributed by atoms with van der Waals surface area (Å²) in [5.41, 5.74) is -0.304. The van der Waals surface area contributed by atoms with Crippen molar-refractivity contribution in [3.05, 3.63) is 34.9 Å². The van der Waals surface area contributed by atoms with Gasteiger partial charge in [0, 0.05) is 0 Å². The van der Waals surface area contributed by atoms with Crippen molar-refractivity contribution in [2.45, 2.75) is 83.7 Å². The van der Waals surface area contributed by atoms with Crippen molar-refractivity contribution >= 4 is 0 Å². The Morgan fingerprint density at radius 1 is 0.846 bits per heavy atom. The van der Waals surface area contributed by atoms with Crippen LogP contribution >= 0.6 is 0 Å². The Morgan fingerprint density at radius 2 is 1.46 bits per heavy atom. The van der Waals surface area contributed by atoms with E-state index in [1.165, 1.54) is 19.3 Å². The lowest BCUT2D eigenvalue weighted by Gasteiger charge is -2.19. The molecule has 0 spiro atoms. The fraction of sp³-hybridized carbons (Fsp3) is 0.684. The Morgan fingerprint density at radius 3 is 2.08 bits per heavy atom. The molecule has 0 amide bonds. The Balaban J connectivity index is 2.50. The molecule has 1 aromatic carbocycles. The summed E-state index contributed by atoms with van der Waals surface area (Å²) in [6.45, 7) is 0.167. The highest BCUT2D eigenvalue weighted by atomic mass is 19.2. The number of hydrogen-bond acceptors (Lipinski definition) is 3. The van der Waals surface area contributed by atoms with Gasteiger partial charge in [0.15, 0.2) is 23.3 Å². The lowest BCUT2D eigenvalue weighted by molar-refractivity contribution is -0.257. The summed E-state index contributed by atoms with van der Waals surface area (Å²) in [4.78, 5) is 0. The third-order valence-corrected chi connectivity index (χ3v) is 4.36. The molecular weight excluding hydrogens is 352 g/mol. The molecule has 3 nitrogen and oxygen atoms in total. The quantitative estimate of drug-likeness (QED) is 0.167. The molecular formula is C19H28F4O3. The zero-order chi connectivity index (χ0) is 19.5. The van der Waals surface area contributed by atoms with Crippen molar-refractivity contribution in [3.63, 3.8) is 0 Å². The molecule has 0 aliphatic carbocycles. The van der Waals surface area contributed by atoms with E-state index in [0.717, 1.165) is 25.7 Å². The molecule has 0 aliphatic rings. The number of benzene rings is 1. The second kappa shape index (κ2) is 12.3. The van der Waals surface area contributed by atoms with Gasteiger partial charge in [0.1, 0.15) is 0 Å². The lowest BCUT2D eigenvalue weighted by atomic mass is 10.0. The number of aliphatic hydroxyl groups excluding tert-OH is 1. The van der Waals surface area contributed by atoms with E-state index in [9.17, 15) is 17.6 Å². The van der Waals surface area contributed by atoms with Crippen molar-refractivity contribution in [2.24, 2.45) is 0 Å². The summed E-state index contributed by atoms with van der Waals surface area (Å²) >= 11 is 0. The Labute approximate surface area is 152 Å². The van der Waals surface area contributed by atoms with Crippen molar-refractivity contribution < 1.29 is 32.5 Å². The Hall–Kier alpha value is -1.18. The minimum atomic E-state index is -1.98. The first-order valence-electron chi connectivity index (χ1n) is 9.20. The number of rotatable bonds is 13. The summed E-state index contributed by atoms with van der Waals surface area (Å²) in [5, 5.41) is 18.0. The van der Waals surface area contributed by atoms with Crippen LogP contribution in [0.2, 0.25) is 0 Å². The highest BCUT2D eigenvalue weighted by molar-refractivity contribution is 5.22. The number of unbranched alkanes of at least 4 members (excludes halogenated alkanes) is 6. The van der Waals surface area contributed by atoms with Gasteiger partial charge < -0.3 is 14.9 Å². The number of aliphatic hydroxyl groups is 2. The monoisotopic (exact) mass is 380 g/mol. The van der Waals surface area contributed by atoms with E-state index in [2.05, 4.69) is 6.92 Å². The zero-order valence-electron chi connectivity index (χ0n) is 15.1. The molecule has 7 heteroatoms. The molecule has 1 aromatic rings. The smallest absolute Gasteiger partial charge is 0.266 e. The summed E-state index contributed by atoms with van der Waals surface area (Å²) in [6.07, 6.45) is 7.47. The molecule has 26 heavy (non-hydrogen) atoms. The average Bonchev–Trinajstić information content (AvgIpc) is 2.60. The normalized spacial score (nSPS) is 12.8. The molecule has 0 bridgehead atoms. The summed E-state index contributed by atoms with van der Waals surface area (Å²) < 4.78 is 58.1. The van der Waals surface area contributed by atoms with E-state index in [4.69, 9.17) is 14.9 Å². The topological polar surface area (TPSA) is 49.7 Å². The van der Waals surface area contributed by atoms with Gasteiger partial charge in [0.25, 0.3) is 6.48 Å². The van der Waals surface area contributed by atoms with Gasteiger partial charge in [-0.1, -0.05) is 51.9 Å². The van der Waals surface area contributed by atoms with Gasteiger partial charge in [0.05, 0.1) is 6.10 Å². The number of aryl methyl sites for hydroxylation is 1. The molecule has 1 rings (SSSR count). The molecule has 2 N–H and O–H groups in total. The van der Waals surface area contributed by atoms with Crippen LogP contribution in [0.25, 0.3) is 0 Å². The largest absolute Gasteiger partial charge is 0.346 e. The van der Waals surface area contributed by atoms with E-state index in [1.54, 1.807) is 0 Å². The van der Waals surface area contributed by atoms with Crippen LogP contribution in [0, 0.1) is 23.3 Å². The predicted molar refractivity (Wildman–Crippen MR) is 90.3 cm³/mol. The number of hydrogen-bond donors (Lipinski definition) is 2. The molecule has 0 saturated carbocycles. The summed E-state index contributed by atoms with van der Waals surface area (Å²) in [5.74, 6) is -6.56. The van der Waals surface area contributed by atoms with Gasteiger partial charge in [0.2, 0.25) is 0 Å².